The zero-order valence-corrected chi connectivity index (χ0v) is 23.2. The summed E-state index contributed by atoms with van der Waals surface area (Å²) in [4.78, 5) is 16.8. The number of benzene rings is 3. The van der Waals surface area contributed by atoms with Crippen LogP contribution in [0.25, 0.3) is 10.9 Å². The summed E-state index contributed by atoms with van der Waals surface area (Å²) < 4.78 is 0. The summed E-state index contributed by atoms with van der Waals surface area (Å²) in [6.07, 6.45) is 1.83. The molecule has 0 spiro atoms. The van der Waals surface area contributed by atoms with Gasteiger partial charge in [0.05, 0.1) is 11.6 Å². The molecular formula is C33H39N3O4. The highest BCUT2D eigenvalue weighted by atomic mass is 16.3. The van der Waals surface area contributed by atoms with E-state index in [9.17, 15) is 20.1 Å². The second-order valence-electron chi connectivity index (χ2n) is 11.2. The van der Waals surface area contributed by atoms with E-state index in [0.29, 0.717) is 41.3 Å². The van der Waals surface area contributed by atoms with E-state index in [1.54, 1.807) is 12.1 Å². The molecule has 1 fully saturated rings. The number of aromatic hydroxyl groups is 2. The third-order valence-corrected chi connectivity index (χ3v) is 8.48. The number of H-pyrrole nitrogens is 1. The molecule has 1 saturated heterocycles. The van der Waals surface area contributed by atoms with Crippen LogP contribution in [0.1, 0.15) is 55.0 Å². The number of likely N-dealkylation sites (tertiary alicyclic amines) is 1. The normalized spacial score (nSPS) is 16.4. The van der Waals surface area contributed by atoms with Crippen molar-refractivity contribution in [3.8, 4) is 11.5 Å². The standard InChI is InChI=1S/C33H39N3O4/c1-22(2)36-18-15-33(16-19-36,24-6-4-3-5-7-24)27-20-23(8-11-28(27)37)14-17-34-21-30(39)25-9-12-29(38)32-26(25)10-13-31(40)35-32/h3-13,20,22,30,34,37-39H,14-19,21H2,1-2H3,(H,35,40)/t30-/m0/s1. The van der Waals surface area contributed by atoms with Crippen molar-refractivity contribution in [2.45, 2.75) is 50.7 Å². The molecule has 1 aromatic heterocycles. The first-order valence-corrected chi connectivity index (χ1v) is 14.1. The number of nitrogens with one attached hydrogen (secondary N) is 2. The molecule has 7 heteroatoms. The van der Waals surface area contributed by atoms with Crippen LogP contribution in [0, 0.1) is 0 Å². The highest BCUT2D eigenvalue weighted by Crippen LogP contribution is 2.45. The van der Waals surface area contributed by atoms with Crippen LogP contribution < -0.4 is 10.9 Å². The van der Waals surface area contributed by atoms with Gasteiger partial charge in [-0.25, -0.2) is 0 Å². The maximum atomic E-state index is 11.7. The molecule has 210 valence electrons. The van der Waals surface area contributed by atoms with E-state index >= 15 is 0 Å². The number of fused-ring (bicyclic) bond motifs is 1. The Morgan fingerprint density at radius 3 is 2.40 bits per heavy atom. The van der Waals surface area contributed by atoms with Crippen LogP contribution in [-0.4, -0.2) is 57.4 Å². The Hall–Kier alpha value is -3.65. The van der Waals surface area contributed by atoms with Gasteiger partial charge in [0.2, 0.25) is 5.56 Å². The minimum Gasteiger partial charge on any atom is -0.508 e. The third kappa shape index (κ3) is 5.63. The molecule has 0 bridgehead atoms. The Labute approximate surface area is 235 Å². The highest BCUT2D eigenvalue weighted by Gasteiger charge is 2.40. The Kier molecular flexibility index (Phi) is 8.26. The first-order valence-electron chi connectivity index (χ1n) is 14.1. The molecule has 4 aromatic rings. The SMILES string of the molecule is CC(C)N1CCC(c2ccccc2)(c2cc(CCNC[C@H](O)c3ccc(O)c4[nH]c(=O)ccc34)ccc2O)CC1. The fourth-order valence-electron chi connectivity index (χ4n) is 6.15. The minimum atomic E-state index is -0.808. The number of aliphatic hydroxyl groups is 1. The Balaban J connectivity index is 1.30. The number of aliphatic hydroxyl groups excluding tert-OH is 1. The lowest BCUT2D eigenvalue weighted by Crippen LogP contribution is -2.45. The largest absolute Gasteiger partial charge is 0.508 e. The predicted octanol–water partition coefficient (Wildman–Crippen LogP) is 4.60. The predicted molar refractivity (Wildman–Crippen MR) is 159 cm³/mol. The van der Waals surface area contributed by atoms with Crippen molar-refractivity contribution in [1.82, 2.24) is 15.2 Å². The monoisotopic (exact) mass is 541 g/mol. The molecule has 1 aliphatic heterocycles. The molecule has 40 heavy (non-hydrogen) atoms. The second-order valence-corrected chi connectivity index (χ2v) is 11.2. The molecule has 0 radical (unpaired) electrons. The first-order chi connectivity index (χ1) is 19.3. The van der Waals surface area contributed by atoms with Gasteiger partial charge in [-0.2, -0.15) is 0 Å². The number of pyridine rings is 1. The van der Waals surface area contributed by atoms with Gasteiger partial charge in [0.15, 0.2) is 0 Å². The lowest BCUT2D eigenvalue weighted by Gasteiger charge is -2.44. The second kappa shape index (κ2) is 11.8. The van der Waals surface area contributed by atoms with E-state index < -0.39 is 6.10 Å². The van der Waals surface area contributed by atoms with Crippen molar-refractivity contribution in [1.29, 1.82) is 0 Å². The van der Waals surface area contributed by atoms with Gasteiger partial charge in [0, 0.05) is 35.0 Å². The first kappa shape index (κ1) is 27.9. The van der Waals surface area contributed by atoms with Crippen molar-refractivity contribution in [3.63, 3.8) is 0 Å². The number of nitrogens with zero attached hydrogens (tertiary/aromatic N) is 1. The quantitative estimate of drug-likeness (QED) is 0.198. The van der Waals surface area contributed by atoms with Crippen LogP contribution >= 0.6 is 0 Å². The molecule has 0 unspecified atom stereocenters. The van der Waals surface area contributed by atoms with Crippen molar-refractivity contribution in [2.24, 2.45) is 0 Å². The number of phenols is 2. The summed E-state index contributed by atoms with van der Waals surface area (Å²) in [5, 5.41) is 36.0. The van der Waals surface area contributed by atoms with E-state index in [-0.39, 0.29) is 16.7 Å². The van der Waals surface area contributed by atoms with Crippen LogP contribution in [-0.2, 0) is 11.8 Å². The average molecular weight is 542 g/mol. The minimum absolute atomic E-state index is 0.0251. The summed E-state index contributed by atoms with van der Waals surface area (Å²) in [5.41, 5.74) is 3.79. The number of piperidine rings is 1. The van der Waals surface area contributed by atoms with Crippen molar-refractivity contribution < 1.29 is 15.3 Å². The molecular weight excluding hydrogens is 502 g/mol. The van der Waals surface area contributed by atoms with Crippen LogP contribution in [0.2, 0.25) is 0 Å². The van der Waals surface area contributed by atoms with Gasteiger partial charge in [0.1, 0.15) is 11.5 Å². The van der Waals surface area contributed by atoms with Crippen molar-refractivity contribution >= 4 is 10.9 Å². The van der Waals surface area contributed by atoms with Crippen LogP contribution in [0.4, 0.5) is 0 Å². The Morgan fingerprint density at radius 1 is 0.950 bits per heavy atom. The van der Waals surface area contributed by atoms with E-state index in [1.165, 1.54) is 17.7 Å². The molecule has 7 nitrogen and oxygen atoms in total. The third-order valence-electron chi connectivity index (χ3n) is 8.48. The smallest absolute Gasteiger partial charge is 0.248 e. The number of hydrogen-bond donors (Lipinski definition) is 5. The van der Waals surface area contributed by atoms with Crippen LogP contribution in [0.15, 0.2) is 77.6 Å². The number of rotatable bonds is 9. The van der Waals surface area contributed by atoms with E-state index in [1.807, 2.05) is 18.2 Å². The summed E-state index contributed by atoms with van der Waals surface area (Å²) in [6.45, 7) is 7.41. The zero-order valence-electron chi connectivity index (χ0n) is 23.2. The number of phenolic OH excluding ortho intramolecular Hbond substituents is 2. The van der Waals surface area contributed by atoms with Crippen molar-refractivity contribution in [3.05, 3.63) is 105 Å². The maximum Gasteiger partial charge on any atom is 0.248 e. The van der Waals surface area contributed by atoms with Gasteiger partial charge in [-0.15, -0.1) is 0 Å². The van der Waals surface area contributed by atoms with Gasteiger partial charge in [-0.1, -0.05) is 48.5 Å². The van der Waals surface area contributed by atoms with Gasteiger partial charge >= 0.3 is 0 Å². The fourth-order valence-corrected chi connectivity index (χ4v) is 6.15. The zero-order chi connectivity index (χ0) is 28.3. The van der Waals surface area contributed by atoms with Gasteiger partial charge in [0.25, 0.3) is 0 Å². The molecule has 5 N–H and O–H groups in total. The fraction of sp³-hybridized carbons (Fsp3) is 0.364. The molecule has 0 saturated carbocycles. The molecule has 3 aromatic carbocycles. The topological polar surface area (TPSA) is 109 Å². The lowest BCUT2D eigenvalue weighted by molar-refractivity contribution is 0.144. The summed E-state index contributed by atoms with van der Waals surface area (Å²) in [5.74, 6) is 0.314. The molecule has 1 aliphatic rings. The molecule has 0 amide bonds. The highest BCUT2D eigenvalue weighted by molar-refractivity contribution is 5.87. The molecule has 0 aliphatic carbocycles. The van der Waals surface area contributed by atoms with Crippen molar-refractivity contribution in [2.75, 3.05) is 26.2 Å². The summed E-state index contributed by atoms with van der Waals surface area (Å²) in [6, 6.07) is 23.2. The van der Waals surface area contributed by atoms with Gasteiger partial charge in [-0.3, -0.25) is 4.79 Å². The van der Waals surface area contributed by atoms with E-state index in [2.05, 4.69) is 59.4 Å². The van der Waals surface area contributed by atoms with Crippen LogP contribution in [0.3, 0.4) is 0 Å². The summed E-state index contributed by atoms with van der Waals surface area (Å²) in [7, 11) is 0. The molecule has 1 atom stereocenters. The van der Waals surface area contributed by atoms with E-state index in [4.69, 9.17) is 0 Å². The van der Waals surface area contributed by atoms with Crippen LogP contribution in [0.5, 0.6) is 11.5 Å². The number of hydrogen-bond acceptors (Lipinski definition) is 6. The van der Waals surface area contributed by atoms with E-state index in [0.717, 1.165) is 43.5 Å². The average Bonchev–Trinajstić information content (AvgIpc) is 2.97. The Morgan fingerprint density at radius 2 is 1.68 bits per heavy atom. The van der Waals surface area contributed by atoms with Gasteiger partial charge in [-0.05, 0) is 87.6 Å². The summed E-state index contributed by atoms with van der Waals surface area (Å²) >= 11 is 0. The number of aromatic amines is 1. The molecule has 2 heterocycles. The maximum absolute atomic E-state index is 11.7. The molecule has 5 rings (SSSR count). The number of aromatic nitrogens is 1. The lowest BCUT2D eigenvalue weighted by atomic mass is 9.67. The Bertz CT molecular complexity index is 1510. The van der Waals surface area contributed by atoms with Gasteiger partial charge < -0.3 is 30.5 Å².